The SMILES string of the molecule is O=C1NC(=O)N(c2ccncc2)C(=O)/C1=C\c1ccc(-c2ccc(Cl)c(Cl)c2)o1. The van der Waals surface area contributed by atoms with Crippen LogP contribution in [0.25, 0.3) is 17.4 Å². The summed E-state index contributed by atoms with van der Waals surface area (Å²) in [6.45, 7) is 0. The fraction of sp³-hybridized carbons (Fsp3) is 0. The molecule has 0 spiro atoms. The third kappa shape index (κ3) is 3.65. The molecular formula is C20H11Cl2N3O4. The first-order valence-electron chi connectivity index (χ1n) is 8.31. The number of urea groups is 1. The van der Waals surface area contributed by atoms with Crippen LogP contribution in [0.15, 0.2) is 64.8 Å². The van der Waals surface area contributed by atoms with E-state index in [0.717, 1.165) is 4.90 Å². The normalized spacial score (nSPS) is 15.7. The molecule has 1 aromatic carbocycles. The molecule has 3 aromatic rings. The summed E-state index contributed by atoms with van der Waals surface area (Å²) < 4.78 is 5.71. The Bertz CT molecular complexity index is 1170. The van der Waals surface area contributed by atoms with E-state index in [1.165, 1.54) is 30.6 Å². The number of barbiturate groups is 1. The first-order chi connectivity index (χ1) is 13.9. The molecule has 1 fully saturated rings. The summed E-state index contributed by atoms with van der Waals surface area (Å²) >= 11 is 11.9. The Morgan fingerprint density at radius 1 is 0.966 bits per heavy atom. The number of halogens is 2. The Kier molecular flexibility index (Phi) is 4.92. The Balaban J connectivity index is 1.67. The Hall–Kier alpha value is -3.42. The Morgan fingerprint density at radius 2 is 1.72 bits per heavy atom. The van der Waals surface area contributed by atoms with Gasteiger partial charge in [-0.05, 0) is 48.5 Å². The molecule has 0 saturated carbocycles. The number of imide groups is 2. The first-order valence-corrected chi connectivity index (χ1v) is 9.06. The molecule has 144 valence electrons. The molecule has 2 aromatic heterocycles. The Labute approximate surface area is 174 Å². The van der Waals surface area contributed by atoms with E-state index in [1.807, 2.05) is 0 Å². The number of carbonyl (C=O) groups is 3. The lowest BCUT2D eigenvalue weighted by molar-refractivity contribution is -0.122. The molecule has 1 saturated heterocycles. The zero-order valence-corrected chi connectivity index (χ0v) is 16.1. The van der Waals surface area contributed by atoms with Crippen molar-refractivity contribution in [3.8, 4) is 11.3 Å². The molecule has 29 heavy (non-hydrogen) atoms. The van der Waals surface area contributed by atoms with Gasteiger partial charge in [0.2, 0.25) is 0 Å². The summed E-state index contributed by atoms with van der Waals surface area (Å²) in [7, 11) is 0. The largest absolute Gasteiger partial charge is 0.457 e. The predicted octanol–water partition coefficient (Wildman–Crippen LogP) is 4.31. The van der Waals surface area contributed by atoms with Crippen LogP contribution in [0.5, 0.6) is 0 Å². The molecule has 1 aliphatic rings. The second-order valence-electron chi connectivity index (χ2n) is 5.99. The van der Waals surface area contributed by atoms with Gasteiger partial charge in [0.1, 0.15) is 17.1 Å². The molecule has 0 unspecified atom stereocenters. The minimum Gasteiger partial charge on any atom is -0.457 e. The second-order valence-corrected chi connectivity index (χ2v) is 6.81. The average Bonchev–Trinajstić information content (AvgIpc) is 3.17. The van der Waals surface area contributed by atoms with Crippen molar-refractivity contribution in [3.63, 3.8) is 0 Å². The van der Waals surface area contributed by atoms with Gasteiger partial charge in [-0.25, -0.2) is 9.69 Å². The summed E-state index contributed by atoms with van der Waals surface area (Å²) in [6.07, 6.45) is 4.15. The van der Waals surface area contributed by atoms with Gasteiger partial charge in [-0.15, -0.1) is 0 Å². The minimum atomic E-state index is -0.834. The third-order valence-corrected chi connectivity index (χ3v) is 4.88. The predicted molar refractivity (Wildman–Crippen MR) is 107 cm³/mol. The van der Waals surface area contributed by atoms with Crippen molar-refractivity contribution < 1.29 is 18.8 Å². The molecular weight excluding hydrogens is 417 g/mol. The summed E-state index contributed by atoms with van der Waals surface area (Å²) in [4.78, 5) is 41.9. The van der Waals surface area contributed by atoms with Gasteiger partial charge < -0.3 is 4.42 Å². The van der Waals surface area contributed by atoms with Crippen LogP contribution in [0.3, 0.4) is 0 Å². The summed E-state index contributed by atoms with van der Waals surface area (Å²) in [5.74, 6) is -0.843. The maximum atomic E-state index is 12.8. The average molecular weight is 428 g/mol. The van der Waals surface area contributed by atoms with Crippen molar-refractivity contribution in [2.24, 2.45) is 0 Å². The second kappa shape index (κ2) is 7.54. The maximum absolute atomic E-state index is 12.8. The lowest BCUT2D eigenvalue weighted by Gasteiger charge is -2.25. The lowest BCUT2D eigenvalue weighted by Crippen LogP contribution is -2.54. The minimum absolute atomic E-state index is 0.239. The molecule has 9 heteroatoms. The standard InChI is InChI=1S/C20H11Cl2N3O4/c21-15-3-1-11(9-16(15)22)17-4-2-13(29-17)10-14-18(26)24-20(28)25(19(14)27)12-5-7-23-8-6-12/h1-10H,(H,24,26,28)/b14-10-. The van der Waals surface area contributed by atoms with Crippen molar-refractivity contribution in [2.45, 2.75) is 0 Å². The maximum Gasteiger partial charge on any atom is 0.335 e. The van der Waals surface area contributed by atoms with Crippen molar-refractivity contribution in [3.05, 3.63) is 76.2 Å². The van der Waals surface area contributed by atoms with Crippen LogP contribution in [-0.4, -0.2) is 22.8 Å². The number of nitrogens with one attached hydrogen (secondary N) is 1. The number of amides is 4. The highest BCUT2D eigenvalue weighted by Crippen LogP contribution is 2.30. The van der Waals surface area contributed by atoms with Crippen LogP contribution in [0.4, 0.5) is 10.5 Å². The van der Waals surface area contributed by atoms with Crippen molar-refractivity contribution in [1.29, 1.82) is 0 Å². The van der Waals surface area contributed by atoms with Gasteiger partial charge in [-0.2, -0.15) is 0 Å². The third-order valence-electron chi connectivity index (χ3n) is 4.14. The smallest absolute Gasteiger partial charge is 0.335 e. The van der Waals surface area contributed by atoms with Gasteiger partial charge in [0.15, 0.2) is 0 Å². The Morgan fingerprint density at radius 3 is 2.45 bits per heavy atom. The number of carbonyl (C=O) groups excluding carboxylic acids is 3. The van der Waals surface area contributed by atoms with E-state index in [-0.39, 0.29) is 17.0 Å². The molecule has 4 amide bonds. The van der Waals surface area contributed by atoms with Crippen molar-refractivity contribution >= 4 is 52.8 Å². The van der Waals surface area contributed by atoms with E-state index in [0.29, 0.717) is 21.4 Å². The van der Waals surface area contributed by atoms with E-state index >= 15 is 0 Å². The molecule has 1 aliphatic heterocycles. The number of rotatable bonds is 3. The van der Waals surface area contributed by atoms with Gasteiger partial charge in [0.05, 0.1) is 15.7 Å². The van der Waals surface area contributed by atoms with Crippen LogP contribution in [0.1, 0.15) is 5.76 Å². The highest BCUT2D eigenvalue weighted by molar-refractivity contribution is 6.42. The molecule has 7 nitrogen and oxygen atoms in total. The first kappa shape index (κ1) is 18.9. The number of anilines is 1. The monoisotopic (exact) mass is 427 g/mol. The fourth-order valence-corrected chi connectivity index (χ4v) is 3.06. The fourth-order valence-electron chi connectivity index (χ4n) is 2.76. The van der Waals surface area contributed by atoms with E-state index in [4.69, 9.17) is 27.6 Å². The topological polar surface area (TPSA) is 92.5 Å². The van der Waals surface area contributed by atoms with Gasteiger partial charge in [-0.3, -0.25) is 19.9 Å². The summed E-state index contributed by atoms with van der Waals surface area (Å²) in [5, 5.41) is 2.93. The number of benzene rings is 1. The number of furan rings is 1. The molecule has 4 rings (SSSR count). The van der Waals surface area contributed by atoms with Crippen molar-refractivity contribution in [2.75, 3.05) is 4.90 Å². The number of aromatic nitrogens is 1. The van der Waals surface area contributed by atoms with Gasteiger partial charge in [0, 0.05) is 18.0 Å². The number of pyridine rings is 1. The van der Waals surface area contributed by atoms with E-state index in [1.54, 1.807) is 30.3 Å². The van der Waals surface area contributed by atoms with E-state index in [9.17, 15) is 14.4 Å². The highest BCUT2D eigenvalue weighted by atomic mass is 35.5. The van der Waals surface area contributed by atoms with Gasteiger partial charge >= 0.3 is 6.03 Å². The van der Waals surface area contributed by atoms with E-state index in [2.05, 4.69) is 10.3 Å². The number of hydrogen-bond donors (Lipinski definition) is 1. The molecule has 0 bridgehead atoms. The van der Waals surface area contributed by atoms with Gasteiger partial charge in [-0.1, -0.05) is 23.2 Å². The van der Waals surface area contributed by atoms with E-state index < -0.39 is 17.8 Å². The number of hydrogen-bond acceptors (Lipinski definition) is 5. The zero-order chi connectivity index (χ0) is 20.5. The summed E-state index contributed by atoms with van der Waals surface area (Å²) in [6, 6.07) is 10.4. The summed E-state index contributed by atoms with van der Waals surface area (Å²) in [5.41, 5.74) is 0.727. The van der Waals surface area contributed by atoms with Crippen LogP contribution in [0, 0.1) is 0 Å². The number of nitrogens with zero attached hydrogens (tertiary/aromatic N) is 2. The van der Waals surface area contributed by atoms with Crippen LogP contribution >= 0.6 is 23.2 Å². The lowest BCUT2D eigenvalue weighted by atomic mass is 10.1. The molecule has 3 heterocycles. The molecule has 0 radical (unpaired) electrons. The zero-order valence-electron chi connectivity index (χ0n) is 14.6. The molecule has 1 N–H and O–H groups in total. The van der Waals surface area contributed by atoms with Crippen LogP contribution in [0.2, 0.25) is 10.0 Å². The van der Waals surface area contributed by atoms with Gasteiger partial charge in [0.25, 0.3) is 11.8 Å². The molecule has 0 aliphatic carbocycles. The van der Waals surface area contributed by atoms with Crippen molar-refractivity contribution in [1.82, 2.24) is 10.3 Å². The quantitative estimate of drug-likeness (QED) is 0.496. The van der Waals surface area contributed by atoms with Crippen LogP contribution in [-0.2, 0) is 9.59 Å². The molecule has 0 atom stereocenters. The highest BCUT2D eigenvalue weighted by Gasteiger charge is 2.37. The van der Waals surface area contributed by atoms with Crippen LogP contribution < -0.4 is 10.2 Å².